The van der Waals surface area contributed by atoms with Crippen molar-refractivity contribution in [2.24, 2.45) is 0 Å². The predicted molar refractivity (Wildman–Crippen MR) is 70.0 cm³/mol. The zero-order valence-electron chi connectivity index (χ0n) is 9.53. The minimum absolute atomic E-state index is 0.559. The third-order valence-electron chi connectivity index (χ3n) is 2.10. The highest BCUT2D eigenvalue weighted by atomic mass is 35.5. The van der Waals surface area contributed by atoms with Crippen molar-refractivity contribution < 1.29 is 4.74 Å². The number of halogens is 1. The molecule has 0 saturated heterocycles. The van der Waals surface area contributed by atoms with Crippen LogP contribution in [0, 0.1) is 6.92 Å². The number of hydrogen-bond donors (Lipinski definition) is 1. The number of anilines is 1. The lowest BCUT2D eigenvalue weighted by atomic mass is 10.4. The van der Waals surface area contributed by atoms with E-state index in [0.29, 0.717) is 18.2 Å². The second kappa shape index (κ2) is 5.33. The standard InChI is InChI=1S/C11H12ClN3OS/c1-7-14-10(5-11(15-7)16-2)13-6-8-3-4-9(12)17-8/h3-5H,6H2,1-2H3,(H,13,14,15). The summed E-state index contributed by atoms with van der Waals surface area (Å²) in [5.41, 5.74) is 0. The number of aromatic nitrogens is 2. The average molecular weight is 270 g/mol. The number of methoxy groups -OCH3 is 1. The fourth-order valence-electron chi connectivity index (χ4n) is 1.36. The maximum atomic E-state index is 5.86. The molecule has 2 rings (SSSR count). The zero-order valence-corrected chi connectivity index (χ0v) is 11.1. The molecule has 0 aliphatic carbocycles. The molecule has 0 aromatic carbocycles. The number of hydrogen-bond acceptors (Lipinski definition) is 5. The Morgan fingerprint density at radius 2 is 2.24 bits per heavy atom. The van der Waals surface area contributed by atoms with Crippen molar-refractivity contribution in [3.05, 3.63) is 33.2 Å². The van der Waals surface area contributed by atoms with Crippen LogP contribution < -0.4 is 10.1 Å². The summed E-state index contributed by atoms with van der Waals surface area (Å²) in [5.74, 6) is 1.99. The molecule has 0 aliphatic rings. The number of rotatable bonds is 4. The van der Waals surface area contributed by atoms with Gasteiger partial charge in [0.25, 0.3) is 0 Å². The maximum absolute atomic E-state index is 5.86. The normalized spacial score (nSPS) is 10.3. The summed E-state index contributed by atoms with van der Waals surface area (Å²) in [7, 11) is 1.59. The molecule has 6 heteroatoms. The highest BCUT2D eigenvalue weighted by Gasteiger charge is 2.03. The van der Waals surface area contributed by atoms with Crippen LogP contribution in [-0.2, 0) is 6.54 Å². The van der Waals surface area contributed by atoms with E-state index in [0.717, 1.165) is 15.0 Å². The number of thiophene rings is 1. The first-order valence-electron chi connectivity index (χ1n) is 5.05. The molecule has 0 fully saturated rings. The Morgan fingerprint density at radius 1 is 1.41 bits per heavy atom. The molecule has 1 N–H and O–H groups in total. The number of nitrogens with one attached hydrogen (secondary N) is 1. The summed E-state index contributed by atoms with van der Waals surface area (Å²) in [6.07, 6.45) is 0. The van der Waals surface area contributed by atoms with E-state index in [2.05, 4.69) is 15.3 Å². The summed E-state index contributed by atoms with van der Waals surface area (Å²) in [5, 5.41) is 3.21. The Kier molecular flexibility index (Phi) is 3.81. The Hall–Kier alpha value is -1.33. The van der Waals surface area contributed by atoms with E-state index in [1.165, 1.54) is 0 Å². The summed E-state index contributed by atoms with van der Waals surface area (Å²) < 4.78 is 5.87. The Morgan fingerprint density at radius 3 is 2.88 bits per heavy atom. The third-order valence-corrected chi connectivity index (χ3v) is 3.33. The van der Waals surface area contributed by atoms with E-state index >= 15 is 0 Å². The van der Waals surface area contributed by atoms with Gasteiger partial charge >= 0.3 is 0 Å². The number of aryl methyl sites for hydroxylation is 1. The van der Waals surface area contributed by atoms with Crippen LogP contribution in [0.15, 0.2) is 18.2 Å². The van der Waals surface area contributed by atoms with Gasteiger partial charge in [-0.25, -0.2) is 4.98 Å². The zero-order chi connectivity index (χ0) is 12.3. The van der Waals surface area contributed by atoms with Crippen LogP contribution in [0.2, 0.25) is 4.34 Å². The fraction of sp³-hybridized carbons (Fsp3) is 0.273. The molecular weight excluding hydrogens is 258 g/mol. The van der Waals surface area contributed by atoms with E-state index in [4.69, 9.17) is 16.3 Å². The molecule has 2 aromatic rings. The van der Waals surface area contributed by atoms with Crippen molar-refractivity contribution in [3.63, 3.8) is 0 Å². The summed E-state index contributed by atoms with van der Waals surface area (Å²) >= 11 is 7.41. The molecule has 2 heterocycles. The van der Waals surface area contributed by atoms with Gasteiger partial charge < -0.3 is 10.1 Å². The van der Waals surface area contributed by atoms with E-state index in [-0.39, 0.29) is 0 Å². The lowest BCUT2D eigenvalue weighted by Crippen LogP contribution is -2.03. The van der Waals surface area contributed by atoms with Crippen LogP contribution in [0.25, 0.3) is 0 Å². The average Bonchev–Trinajstić information content (AvgIpc) is 2.72. The number of ether oxygens (including phenoxy) is 1. The molecule has 0 radical (unpaired) electrons. The number of nitrogens with zero attached hydrogens (tertiary/aromatic N) is 2. The molecule has 17 heavy (non-hydrogen) atoms. The summed E-state index contributed by atoms with van der Waals surface area (Å²) in [6, 6.07) is 5.64. The lowest BCUT2D eigenvalue weighted by Gasteiger charge is -2.06. The highest BCUT2D eigenvalue weighted by Crippen LogP contribution is 2.22. The van der Waals surface area contributed by atoms with Crippen molar-refractivity contribution in [2.45, 2.75) is 13.5 Å². The van der Waals surface area contributed by atoms with Crippen molar-refractivity contribution >= 4 is 28.8 Å². The lowest BCUT2D eigenvalue weighted by molar-refractivity contribution is 0.396. The molecule has 0 aliphatic heterocycles. The van der Waals surface area contributed by atoms with Crippen LogP contribution in [-0.4, -0.2) is 17.1 Å². The quantitative estimate of drug-likeness (QED) is 0.926. The van der Waals surface area contributed by atoms with Gasteiger partial charge in [-0.1, -0.05) is 11.6 Å². The molecule has 0 spiro atoms. The van der Waals surface area contributed by atoms with Crippen LogP contribution in [0.3, 0.4) is 0 Å². The van der Waals surface area contributed by atoms with Gasteiger partial charge in [0, 0.05) is 10.9 Å². The summed E-state index contributed by atoms with van der Waals surface area (Å²) in [6.45, 7) is 2.52. The minimum atomic E-state index is 0.559. The second-order valence-corrected chi connectivity index (χ2v) is 5.20. The molecular formula is C11H12ClN3OS. The molecule has 0 saturated carbocycles. The van der Waals surface area contributed by atoms with Gasteiger partial charge in [0.15, 0.2) is 0 Å². The van der Waals surface area contributed by atoms with E-state index < -0.39 is 0 Å². The van der Waals surface area contributed by atoms with E-state index in [1.807, 2.05) is 19.1 Å². The van der Waals surface area contributed by atoms with E-state index in [1.54, 1.807) is 24.5 Å². The molecule has 0 amide bonds. The van der Waals surface area contributed by atoms with Crippen molar-refractivity contribution in [1.29, 1.82) is 0 Å². The molecule has 90 valence electrons. The van der Waals surface area contributed by atoms with Crippen LogP contribution >= 0.6 is 22.9 Å². The molecule has 4 nitrogen and oxygen atoms in total. The first kappa shape index (κ1) is 12.1. The van der Waals surface area contributed by atoms with Gasteiger partial charge in [-0.15, -0.1) is 11.3 Å². The highest BCUT2D eigenvalue weighted by molar-refractivity contribution is 7.16. The second-order valence-electron chi connectivity index (χ2n) is 3.40. The predicted octanol–water partition coefficient (Wildman–Crippen LogP) is 3.12. The largest absolute Gasteiger partial charge is 0.481 e. The van der Waals surface area contributed by atoms with Crippen molar-refractivity contribution in [3.8, 4) is 5.88 Å². The molecule has 0 atom stereocenters. The Bertz CT molecular complexity index is 515. The topological polar surface area (TPSA) is 47.0 Å². The fourth-order valence-corrected chi connectivity index (χ4v) is 2.39. The van der Waals surface area contributed by atoms with Gasteiger partial charge in [-0.2, -0.15) is 4.98 Å². The van der Waals surface area contributed by atoms with Crippen LogP contribution in [0.1, 0.15) is 10.7 Å². The van der Waals surface area contributed by atoms with Crippen LogP contribution in [0.5, 0.6) is 5.88 Å². The van der Waals surface area contributed by atoms with E-state index in [9.17, 15) is 0 Å². The van der Waals surface area contributed by atoms with Gasteiger partial charge in [-0.05, 0) is 19.1 Å². The maximum Gasteiger partial charge on any atom is 0.218 e. The monoisotopic (exact) mass is 269 g/mol. The SMILES string of the molecule is COc1cc(NCc2ccc(Cl)s2)nc(C)n1. The summed E-state index contributed by atoms with van der Waals surface area (Å²) in [4.78, 5) is 9.55. The van der Waals surface area contributed by atoms with Crippen molar-refractivity contribution in [1.82, 2.24) is 9.97 Å². The molecule has 0 unspecified atom stereocenters. The molecule has 2 aromatic heterocycles. The first-order valence-corrected chi connectivity index (χ1v) is 6.24. The van der Waals surface area contributed by atoms with Gasteiger partial charge in [0.05, 0.1) is 18.0 Å². The smallest absolute Gasteiger partial charge is 0.218 e. The van der Waals surface area contributed by atoms with Crippen LogP contribution in [0.4, 0.5) is 5.82 Å². The van der Waals surface area contributed by atoms with Crippen molar-refractivity contribution in [2.75, 3.05) is 12.4 Å². The van der Waals surface area contributed by atoms with Gasteiger partial charge in [0.2, 0.25) is 5.88 Å². The Balaban J connectivity index is 2.05. The van der Waals surface area contributed by atoms with Gasteiger partial charge in [-0.3, -0.25) is 0 Å². The molecule has 0 bridgehead atoms. The Labute approximate surface area is 109 Å². The van der Waals surface area contributed by atoms with Gasteiger partial charge in [0.1, 0.15) is 11.6 Å². The third kappa shape index (κ3) is 3.31. The minimum Gasteiger partial charge on any atom is -0.481 e. The first-order chi connectivity index (χ1) is 8.17.